The Morgan fingerprint density at radius 1 is 1.15 bits per heavy atom. The van der Waals surface area contributed by atoms with E-state index in [0.717, 1.165) is 60.8 Å². The molecule has 0 aromatic heterocycles. The Labute approximate surface area is 158 Å². The lowest BCUT2D eigenvalue weighted by Gasteiger charge is -2.32. The number of rotatable bonds is 3. The van der Waals surface area contributed by atoms with Crippen LogP contribution in [0.5, 0.6) is 11.5 Å². The Morgan fingerprint density at radius 2 is 1.96 bits per heavy atom. The molecule has 1 saturated heterocycles. The Bertz CT molecular complexity index is 890. The first kappa shape index (κ1) is 16.6. The summed E-state index contributed by atoms with van der Waals surface area (Å²) in [6, 6.07) is 13.8. The molecular formula is C22H23NO4. The summed E-state index contributed by atoms with van der Waals surface area (Å²) in [5.41, 5.74) is 2.03. The number of amides is 1. The average Bonchev–Trinajstić information content (AvgIpc) is 3.18. The summed E-state index contributed by atoms with van der Waals surface area (Å²) in [7, 11) is 1.64. The fourth-order valence-corrected chi connectivity index (χ4v) is 4.84. The normalized spacial score (nSPS) is 26.4. The van der Waals surface area contributed by atoms with Crippen molar-refractivity contribution in [2.24, 2.45) is 5.92 Å². The van der Waals surface area contributed by atoms with Gasteiger partial charge in [0.2, 0.25) is 5.91 Å². The fourth-order valence-electron chi connectivity index (χ4n) is 4.84. The van der Waals surface area contributed by atoms with Crippen LogP contribution in [0.4, 0.5) is 5.69 Å². The topological polar surface area (TPSA) is 56.8 Å². The Balaban J connectivity index is 1.64. The fraction of sp³-hybridized carbons (Fsp3) is 0.409. The van der Waals surface area contributed by atoms with Crippen LogP contribution in [0.2, 0.25) is 0 Å². The molecule has 2 aromatic rings. The van der Waals surface area contributed by atoms with E-state index >= 15 is 0 Å². The highest BCUT2D eigenvalue weighted by atomic mass is 16.5. The van der Waals surface area contributed by atoms with Gasteiger partial charge in [0.25, 0.3) is 0 Å². The molecule has 5 rings (SSSR count). The zero-order chi connectivity index (χ0) is 18.4. The van der Waals surface area contributed by atoms with Crippen molar-refractivity contribution in [3.63, 3.8) is 0 Å². The molecule has 0 saturated carbocycles. The lowest BCUT2D eigenvalue weighted by atomic mass is 9.70. The smallest absolute Gasteiger partial charge is 0.243 e. The van der Waals surface area contributed by atoms with E-state index < -0.39 is 5.41 Å². The first-order valence-corrected chi connectivity index (χ1v) is 9.57. The minimum Gasteiger partial charge on any atom is -0.497 e. The number of carbonyl (C=O) groups excluding carboxylic acids is 1. The van der Waals surface area contributed by atoms with E-state index in [4.69, 9.17) is 14.2 Å². The molecule has 0 bridgehead atoms. The summed E-state index contributed by atoms with van der Waals surface area (Å²) in [6.07, 6.45) is 2.63. The number of fused-ring (bicyclic) bond motifs is 4. The number of anilines is 1. The maximum Gasteiger partial charge on any atom is 0.243 e. The lowest BCUT2D eigenvalue weighted by molar-refractivity contribution is -0.121. The van der Waals surface area contributed by atoms with Gasteiger partial charge in [-0.25, -0.2) is 0 Å². The number of nitrogens with one attached hydrogen (secondary N) is 1. The molecular weight excluding hydrogens is 342 g/mol. The molecule has 2 aromatic carbocycles. The van der Waals surface area contributed by atoms with Gasteiger partial charge < -0.3 is 19.5 Å². The van der Waals surface area contributed by atoms with Gasteiger partial charge in [0.05, 0.1) is 7.11 Å². The van der Waals surface area contributed by atoms with Crippen molar-refractivity contribution in [2.75, 3.05) is 25.6 Å². The van der Waals surface area contributed by atoms with Crippen LogP contribution in [-0.2, 0) is 14.9 Å². The molecule has 1 amide bonds. The van der Waals surface area contributed by atoms with Crippen LogP contribution in [0, 0.1) is 5.92 Å². The zero-order valence-electron chi connectivity index (χ0n) is 15.4. The first-order chi connectivity index (χ1) is 13.2. The van der Waals surface area contributed by atoms with Crippen LogP contribution < -0.4 is 14.8 Å². The predicted octanol–water partition coefficient (Wildman–Crippen LogP) is 3.51. The van der Waals surface area contributed by atoms with Crippen LogP contribution in [0.25, 0.3) is 0 Å². The maximum atomic E-state index is 13.4. The van der Waals surface area contributed by atoms with Crippen LogP contribution in [0.1, 0.15) is 30.4 Å². The molecule has 1 unspecified atom stereocenters. The van der Waals surface area contributed by atoms with E-state index in [-0.39, 0.29) is 12.0 Å². The molecule has 1 fully saturated rings. The van der Waals surface area contributed by atoms with Crippen molar-refractivity contribution in [1.29, 1.82) is 0 Å². The third kappa shape index (κ3) is 2.38. The molecule has 1 spiro atoms. The molecule has 0 radical (unpaired) electrons. The molecule has 3 aliphatic rings. The number of para-hydroxylation sites is 1. The number of hydrogen-bond acceptors (Lipinski definition) is 4. The van der Waals surface area contributed by atoms with Gasteiger partial charge in [0, 0.05) is 30.5 Å². The number of benzene rings is 2. The van der Waals surface area contributed by atoms with Crippen LogP contribution in [0.3, 0.4) is 0 Å². The second kappa shape index (κ2) is 6.27. The molecule has 2 atom stereocenters. The Morgan fingerprint density at radius 3 is 2.78 bits per heavy atom. The highest BCUT2D eigenvalue weighted by Crippen LogP contribution is 2.55. The summed E-state index contributed by atoms with van der Waals surface area (Å²) in [4.78, 5) is 13.4. The number of ether oxygens (including phenoxy) is 3. The molecule has 3 aliphatic heterocycles. The van der Waals surface area contributed by atoms with Crippen LogP contribution in [0.15, 0.2) is 42.5 Å². The first-order valence-electron chi connectivity index (χ1n) is 9.57. The van der Waals surface area contributed by atoms with Crippen molar-refractivity contribution in [2.45, 2.75) is 30.8 Å². The summed E-state index contributed by atoms with van der Waals surface area (Å²) in [5.74, 6) is 1.99. The van der Waals surface area contributed by atoms with E-state index in [1.807, 2.05) is 42.5 Å². The van der Waals surface area contributed by atoms with Crippen molar-refractivity contribution >= 4 is 11.6 Å². The van der Waals surface area contributed by atoms with Gasteiger partial charge in [-0.1, -0.05) is 24.3 Å². The van der Waals surface area contributed by atoms with Gasteiger partial charge in [-0.05, 0) is 42.9 Å². The minimum atomic E-state index is -0.795. The largest absolute Gasteiger partial charge is 0.497 e. The third-order valence-corrected chi connectivity index (χ3v) is 6.21. The van der Waals surface area contributed by atoms with E-state index in [1.54, 1.807) is 7.11 Å². The number of hydrogen-bond donors (Lipinski definition) is 1. The molecule has 5 nitrogen and oxygen atoms in total. The summed E-state index contributed by atoms with van der Waals surface area (Å²) in [6.45, 7) is 1.57. The van der Waals surface area contributed by atoms with Gasteiger partial charge in [-0.2, -0.15) is 0 Å². The molecule has 140 valence electrons. The predicted molar refractivity (Wildman–Crippen MR) is 101 cm³/mol. The van der Waals surface area contributed by atoms with Crippen molar-refractivity contribution in [1.82, 2.24) is 0 Å². The Kier molecular flexibility index (Phi) is 3.86. The van der Waals surface area contributed by atoms with Gasteiger partial charge in [-0.15, -0.1) is 0 Å². The van der Waals surface area contributed by atoms with Crippen molar-refractivity contribution in [3.8, 4) is 11.5 Å². The highest BCUT2D eigenvalue weighted by Gasteiger charge is 2.60. The monoisotopic (exact) mass is 365 g/mol. The minimum absolute atomic E-state index is 0.00433. The van der Waals surface area contributed by atoms with Crippen LogP contribution >= 0.6 is 0 Å². The van der Waals surface area contributed by atoms with E-state index in [1.165, 1.54) is 0 Å². The van der Waals surface area contributed by atoms with Gasteiger partial charge in [-0.3, -0.25) is 4.79 Å². The van der Waals surface area contributed by atoms with Crippen molar-refractivity contribution in [3.05, 3.63) is 53.6 Å². The summed E-state index contributed by atoms with van der Waals surface area (Å²) >= 11 is 0. The molecule has 27 heavy (non-hydrogen) atoms. The van der Waals surface area contributed by atoms with Crippen LogP contribution in [-0.4, -0.2) is 32.3 Å². The second-order valence-corrected chi connectivity index (χ2v) is 7.57. The van der Waals surface area contributed by atoms with Gasteiger partial charge in [0.1, 0.15) is 23.0 Å². The SMILES string of the molecule is COc1ccc2c(c1)O[C@H](CC1CCOCC1)C21C(=O)Nc2ccccc21. The highest BCUT2D eigenvalue weighted by molar-refractivity contribution is 6.10. The third-order valence-electron chi connectivity index (χ3n) is 6.21. The quantitative estimate of drug-likeness (QED) is 0.904. The number of carbonyl (C=O) groups is 1. The molecule has 0 aliphatic carbocycles. The number of methoxy groups -OCH3 is 1. The Hall–Kier alpha value is -2.53. The summed E-state index contributed by atoms with van der Waals surface area (Å²) < 4.78 is 17.3. The standard InChI is InChI=1S/C22H23NO4/c1-25-15-6-7-17-19(13-15)27-20(12-14-8-10-26-11-9-14)22(17)16-4-2-3-5-18(16)23-21(22)24/h2-7,13-14,20H,8-12H2,1H3,(H,23,24)/t20-,22?/m1/s1. The molecule has 1 N–H and O–H groups in total. The molecule has 3 heterocycles. The van der Waals surface area contributed by atoms with E-state index in [2.05, 4.69) is 5.32 Å². The van der Waals surface area contributed by atoms with E-state index in [0.29, 0.717) is 5.92 Å². The summed E-state index contributed by atoms with van der Waals surface area (Å²) in [5, 5.41) is 3.09. The van der Waals surface area contributed by atoms with Crippen molar-refractivity contribution < 1.29 is 19.0 Å². The maximum absolute atomic E-state index is 13.4. The van der Waals surface area contributed by atoms with E-state index in [9.17, 15) is 4.79 Å². The lowest BCUT2D eigenvalue weighted by Crippen LogP contribution is -2.46. The zero-order valence-corrected chi connectivity index (χ0v) is 15.4. The molecule has 5 heteroatoms. The second-order valence-electron chi connectivity index (χ2n) is 7.57. The van der Waals surface area contributed by atoms with Gasteiger partial charge in [0.15, 0.2) is 0 Å². The van der Waals surface area contributed by atoms with Gasteiger partial charge >= 0.3 is 0 Å². The average molecular weight is 365 g/mol.